The van der Waals surface area contributed by atoms with Crippen LogP contribution in [0.25, 0.3) is 0 Å². The summed E-state index contributed by atoms with van der Waals surface area (Å²) in [6.07, 6.45) is -0.203. The summed E-state index contributed by atoms with van der Waals surface area (Å²) in [7, 11) is 0. The molecule has 0 spiro atoms. The summed E-state index contributed by atoms with van der Waals surface area (Å²) >= 11 is 0. The predicted molar refractivity (Wildman–Crippen MR) is 111 cm³/mol. The van der Waals surface area contributed by atoms with Gasteiger partial charge in [0.15, 0.2) is 0 Å². The van der Waals surface area contributed by atoms with E-state index >= 15 is 0 Å². The van der Waals surface area contributed by atoms with Gasteiger partial charge in [0.25, 0.3) is 0 Å². The lowest BCUT2D eigenvalue weighted by molar-refractivity contribution is -0.140. The predicted octanol–water partition coefficient (Wildman–Crippen LogP) is 5.35. The van der Waals surface area contributed by atoms with Crippen molar-refractivity contribution in [1.29, 1.82) is 0 Å². The molecule has 0 bridgehead atoms. The van der Waals surface area contributed by atoms with Crippen LogP contribution in [0.3, 0.4) is 0 Å². The Morgan fingerprint density at radius 3 is 1.11 bits per heavy atom. The first-order valence-corrected chi connectivity index (χ1v) is 9.60. The van der Waals surface area contributed by atoms with Crippen LogP contribution in [0.5, 0.6) is 0 Å². The van der Waals surface area contributed by atoms with E-state index in [4.69, 9.17) is 0 Å². The van der Waals surface area contributed by atoms with Crippen LogP contribution in [-0.4, -0.2) is 22.2 Å². The van der Waals surface area contributed by atoms with Gasteiger partial charge in [0, 0.05) is 11.8 Å². The molecular formula is C24H30O4. The molecule has 0 fully saturated rings. The number of hydrogen-bond acceptors (Lipinski definition) is 2. The summed E-state index contributed by atoms with van der Waals surface area (Å²) in [5.74, 6) is -2.65. The molecular weight excluding hydrogens is 352 g/mol. The van der Waals surface area contributed by atoms with Crippen LogP contribution in [0.2, 0.25) is 0 Å². The SMILES string of the molecule is Cc1cc(C)c(C(CC(=O)O)C(CC(=O)O)c2c(C)cc(C)cc2C)c(C)c1. The summed E-state index contributed by atoms with van der Waals surface area (Å²) in [6.45, 7) is 12.0. The summed E-state index contributed by atoms with van der Waals surface area (Å²) < 4.78 is 0. The second-order valence-corrected chi connectivity index (χ2v) is 8.03. The number of aliphatic carboxylic acids is 2. The molecule has 0 aromatic heterocycles. The third-order valence-corrected chi connectivity index (χ3v) is 5.49. The van der Waals surface area contributed by atoms with Crippen molar-refractivity contribution in [2.75, 3.05) is 0 Å². The number of carbonyl (C=O) groups is 2. The maximum atomic E-state index is 11.8. The summed E-state index contributed by atoms with van der Waals surface area (Å²) in [6, 6.07) is 8.18. The summed E-state index contributed by atoms with van der Waals surface area (Å²) in [5.41, 5.74) is 8.21. The fourth-order valence-electron chi connectivity index (χ4n) is 4.82. The largest absolute Gasteiger partial charge is 0.481 e. The number of benzene rings is 2. The van der Waals surface area contributed by atoms with Crippen molar-refractivity contribution in [3.63, 3.8) is 0 Å². The lowest BCUT2D eigenvalue weighted by Gasteiger charge is -2.31. The minimum atomic E-state index is -0.915. The number of aryl methyl sites for hydroxylation is 6. The van der Waals surface area contributed by atoms with Gasteiger partial charge in [-0.2, -0.15) is 0 Å². The number of carboxylic acid groups (broad SMARTS) is 2. The maximum Gasteiger partial charge on any atom is 0.303 e. The highest BCUT2D eigenvalue weighted by Gasteiger charge is 2.33. The average Bonchev–Trinajstić information content (AvgIpc) is 2.50. The van der Waals surface area contributed by atoms with Gasteiger partial charge in [-0.1, -0.05) is 35.4 Å². The Morgan fingerprint density at radius 2 is 0.893 bits per heavy atom. The van der Waals surface area contributed by atoms with Crippen molar-refractivity contribution in [3.05, 3.63) is 68.8 Å². The second kappa shape index (κ2) is 8.59. The molecule has 2 N–H and O–H groups in total. The molecule has 0 aliphatic carbocycles. The Morgan fingerprint density at radius 1 is 0.643 bits per heavy atom. The number of hydrogen-bond donors (Lipinski definition) is 2. The Balaban J connectivity index is 2.76. The molecule has 4 heteroatoms. The van der Waals surface area contributed by atoms with Gasteiger partial charge in [0.2, 0.25) is 0 Å². The van der Waals surface area contributed by atoms with Crippen LogP contribution in [0.4, 0.5) is 0 Å². The van der Waals surface area contributed by atoms with E-state index < -0.39 is 23.8 Å². The highest BCUT2D eigenvalue weighted by Crippen LogP contribution is 2.43. The normalized spacial score (nSPS) is 13.2. The first-order valence-electron chi connectivity index (χ1n) is 9.60. The maximum absolute atomic E-state index is 11.8. The quantitative estimate of drug-likeness (QED) is 0.676. The van der Waals surface area contributed by atoms with E-state index in [0.29, 0.717) is 0 Å². The van der Waals surface area contributed by atoms with E-state index in [9.17, 15) is 19.8 Å². The lowest BCUT2D eigenvalue weighted by Crippen LogP contribution is -2.22. The Labute approximate surface area is 167 Å². The second-order valence-electron chi connectivity index (χ2n) is 8.03. The topological polar surface area (TPSA) is 74.6 Å². The summed E-state index contributed by atoms with van der Waals surface area (Å²) in [5, 5.41) is 19.3. The Hall–Kier alpha value is -2.62. The molecule has 0 aliphatic heterocycles. The molecule has 2 aromatic rings. The number of rotatable bonds is 7. The van der Waals surface area contributed by atoms with E-state index in [1.165, 1.54) is 0 Å². The summed E-state index contributed by atoms with van der Waals surface area (Å²) in [4.78, 5) is 23.5. The average molecular weight is 383 g/mol. The van der Waals surface area contributed by atoms with E-state index in [0.717, 1.165) is 44.5 Å². The molecule has 0 amide bonds. The van der Waals surface area contributed by atoms with E-state index in [2.05, 4.69) is 0 Å². The first kappa shape index (κ1) is 21.7. The van der Waals surface area contributed by atoms with Crippen LogP contribution < -0.4 is 0 Å². The fraction of sp³-hybridized carbons (Fsp3) is 0.417. The van der Waals surface area contributed by atoms with E-state index in [1.807, 2.05) is 65.8 Å². The minimum absolute atomic E-state index is 0.102. The Kier molecular flexibility index (Phi) is 6.65. The van der Waals surface area contributed by atoms with Crippen molar-refractivity contribution in [2.45, 2.75) is 66.2 Å². The smallest absolute Gasteiger partial charge is 0.303 e. The standard InChI is InChI=1S/C24H30O4/c1-13-7-15(3)23(16(4)8-13)19(11-21(25)26)20(12-22(27)28)24-17(5)9-14(2)10-18(24)6/h7-10,19-20H,11-12H2,1-6H3,(H,25,26)(H,27,28). The van der Waals surface area contributed by atoms with Crippen LogP contribution in [-0.2, 0) is 9.59 Å². The Bertz CT molecular complexity index is 789. The minimum Gasteiger partial charge on any atom is -0.481 e. The van der Waals surface area contributed by atoms with Crippen LogP contribution >= 0.6 is 0 Å². The molecule has 2 rings (SSSR count). The van der Waals surface area contributed by atoms with Crippen molar-refractivity contribution >= 4 is 11.9 Å². The van der Waals surface area contributed by atoms with Crippen molar-refractivity contribution in [2.24, 2.45) is 0 Å². The van der Waals surface area contributed by atoms with Gasteiger partial charge in [-0.15, -0.1) is 0 Å². The molecule has 0 saturated heterocycles. The van der Waals surface area contributed by atoms with Gasteiger partial charge >= 0.3 is 11.9 Å². The fourth-order valence-corrected chi connectivity index (χ4v) is 4.82. The molecule has 0 saturated carbocycles. The van der Waals surface area contributed by atoms with Gasteiger partial charge in [-0.25, -0.2) is 0 Å². The van der Waals surface area contributed by atoms with Crippen LogP contribution in [0, 0.1) is 41.5 Å². The van der Waals surface area contributed by atoms with Gasteiger partial charge in [-0.05, 0) is 74.9 Å². The molecule has 2 atom stereocenters. The van der Waals surface area contributed by atoms with Crippen LogP contribution in [0.1, 0.15) is 69.2 Å². The zero-order valence-electron chi connectivity index (χ0n) is 17.6. The van der Waals surface area contributed by atoms with Crippen molar-refractivity contribution < 1.29 is 19.8 Å². The third kappa shape index (κ3) is 4.80. The zero-order chi connectivity index (χ0) is 21.2. The monoisotopic (exact) mass is 382 g/mol. The van der Waals surface area contributed by atoms with Crippen molar-refractivity contribution in [1.82, 2.24) is 0 Å². The zero-order valence-corrected chi connectivity index (χ0v) is 17.6. The van der Waals surface area contributed by atoms with Gasteiger partial charge in [0.1, 0.15) is 0 Å². The highest BCUT2D eigenvalue weighted by molar-refractivity contribution is 5.71. The molecule has 2 unspecified atom stereocenters. The lowest BCUT2D eigenvalue weighted by atomic mass is 9.72. The molecule has 0 radical (unpaired) electrons. The molecule has 0 aliphatic rings. The third-order valence-electron chi connectivity index (χ3n) is 5.49. The van der Waals surface area contributed by atoms with Gasteiger partial charge < -0.3 is 10.2 Å². The van der Waals surface area contributed by atoms with Crippen molar-refractivity contribution in [3.8, 4) is 0 Å². The molecule has 2 aromatic carbocycles. The molecule has 28 heavy (non-hydrogen) atoms. The highest BCUT2D eigenvalue weighted by atomic mass is 16.4. The van der Waals surface area contributed by atoms with Gasteiger partial charge in [0.05, 0.1) is 12.8 Å². The first-order chi connectivity index (χ1) is 13.0. The molecule has 4 nitrogen and oxygen atoms in total. The van der Waals surface area contributed by atoms with Crippen LogP contribution in [0.15, 0.2) is 24.3 Å². The van der Waals surface area contributed by atoms with E-state index in [1.54, 1.807) is 0 Å². The van der Waals surface area contributed by atoms with E-state index in [-0.39, 0.29) is 12.8 Å². The number of carboxylic acids is 2. The molecule has 0 heterocycles. The molecule has 150 valence electrons. The van der Waals surface area contributed by atoms with Gasteiger partial charge in [-0.3, -0.25) is 9.59 Å².